The molecule has 6 heteroatoms. The van der Waals surface area contributed by atoms with Crippen LogP contribution < -0.4 is 5.32 Å². The lowest BCUT2D eigenvalue weighted by atomic mass is 10.0. The van der Waals surface area contributed by atoms with Crippen molar-refractivity contribution < 1.29 is 9.59 Å². The summed E-state index contributed by atoms with van der Waals surface area (Å²) >= 11 is 12.3. The number of amides is 2. The van der Waals surface area contributed by atoms with E-state index < -0.39 is 6.04 Å². The molecule has 0 aliphatic rings. The highest BCUT2D eigenvalue weighted by Crippen LogP contribution is 2.26. The van der Waals surface area contributed by atoms with Crippen molar-refractivity contribution in [3.05, 3.63) is 141 Å². The van der Waals surface area contributed by atoms with Crippen LogP contribution in [0.1, 0.15) is 28.3 Å². The molecule has 4 rings (SSSR count). The average Bonchev–Trinajstić information content (AvgIpc) is 2.90. The third-order valence-corrected chi connectivity index (χ3v) is 6.49. The van der Waals surface area contributed by atoms with Crippen molar-refractivity contribution in [1.82, 2.24) is 10.2 Å². The molecule has 1 N–H and O–H groups in total. The van der Waals surface area contributed by atoms with Crippen LogP contribution in [-0.4, -0.2) is 16.7 Å². The van der Waals surface area contributed by atoms with E-state index in [1.54, 1.807) is 23.1 Å². The topological polar surface area (TPSA) is 49.4 Å². The van der Waals surface area contributed by atoms with Crippen molar-refractivity contribution in [3.8, 4) is 0 Å². The molecule has 0 radical (unpaired) electrons. The van der Waals surface area contributed by atoms with E-state index in [1.165, 1.54) is 0 Å². The molecule has 0 aliphatic heterocycles. The van der Waals surface area contributed by atoms with Gasteiger partial charge in [-0.05, 0) is 40.5 Å². The summed E-state index contributed by atoms with van der Waals surface area (Å²) in [7, 11) is 0. The van der Waals surface area contributed by atoms with Crippen LogP contribution in [0, 0.1) is 0 Å². The first-order valence-electron chi connectivity index (χ1n) is 11.6. The third kappa shape index (κ3) is 6.75. The fraction of sp³-hybridized carbons (Fsp3) is 0.133. The standard InChI is InChI=1S/C30H26Cl2N2O2/c31-26-17-15-22(16-18-26)19-28(35)34(21-23-9-3-1-4-10-23)29(24-11-5-2-6-12-24)30(36)33-20-25-13-7-8-14-27(25)32/h1-18,29H,19-21H2,(H,33,36)/t29-/m1/s1. The Hall–Kier alpha value is -3.60. The van der Waals surface area contributed by atoms with Crippen LogP contribution in [0.15, 0.2) is 109 Å². The highest BCUT2D eigenvalue weighted by atomic mass is 35.5. The van der Waals surface area contributed by atoms with Crippen molar-refractivity contribution in [3.63, 3.8) is 0 Å². The smallest absolute Gasteiger partial charge is 0.247 e. The molecule has 1 atom stereocenters. The maximum Gasteiger partial charge on any atom is 0.247 e. The van der Waals surface area contributed by atoms with Crippen LogP contribution in [0.2, 0.25) is 10.0 Å². The second kappa shape index (κ2) is 12.4. The van der Waals surface area contributed by atoms with Gasteiger partial charge < -0.3 is 10.2 Å². The van der Waals surface area contributed by atoms with Gasteiger partial charge in [-0.25, -0.2) is 0 Å². The minimum atomic E-state index is -0.825. The molecule has 4 nitrogen and oxygen atoms in total. The zero-order valence-corrected chi connectivity index (χ0v) is 21.1. The lowest BCUT2D eigenvalue weighted by Gasteiger charge is -2.32. The van der Waals surface area contributed by atoms with E-state index in [1.807, 2.05) is 91.0 Å². The van der Waals surface area contributed by atoms with Gasteiger partial charge in [-0.1, -0.05) is 114 Å². The van der Waals surface area contributed by atoms with Gasteiger partial charge in [0.2, 0.25) is 11.8 Å². The van der Waals surface area contributed by atoms with Crippen LogP contribution >= 0.6 is 23.2 Å². The highest BCUT2D eigenvalue weighted by Gasteiger charge is 2.31. The Labute approximate surface area is 221 Å². The maximum absolute atomic E-state index is 13.7. The van der Waals surface area contributed by atoms with Crippen molar-refractivity contribution in [2.45, 2.75) is 25.6 Å². The van der Waals surface area contributed by atoms with Gasteiger partial charge in [-0.3, -0.25) is 9.59 Å². The van der Waals surface area contributed by atoms with Gasteiger partial charge in [-0.15, -0.1) is 0 Å². The van der Waals surface area contributed by atoms with Crippen molar-refractivity contribution in [1.29, 1.82) is 0 Å². The van der Waals surface area contributed by atoms with Gasteiger partial charge in [0.05, 0.1) is 6.42 Å². The molecular formula is C30H26Cl2N2O2. The number of nitrogens with zero attached hydrogens (tertiary/aromatic N) is 1. The fourth-order valence-corrected chi connectivity index (χ4v) is 4.34. The zero-order chi connectivity index (χ0) is 25.3. The van der Waals surface area contributed by atoms with Crippen LogP contribution in [0.25, 0.3) is 0 Å². The first-order valence-corrected chi connectivity index (χ1v) is 12.4. The summed E-state index contributed by atoms with van der Waals surface area (Å²) in [6.45, 7) is 0.540. The van der Waals surface area contributed by atoms with Gasteiger partial charge in [-0.2, -0.15) is 0 Å². The summed E-state index contributed by atoms with van der Waals surface area (Å²) in [6.07, 6.45) is 0.144. The Kier molecular flexibility index (Phi) is 8.77. The van der Waals surface area contributed by atoms with Crippen LogP contribution in [0.5, 0.6) is 0 Å². The Morgan fingerprint density at radius 2 is 1.33 bits per heavy atom. The maximum atomic E-state index is 13.7. The van der Waals surface area contributed by atoms with E-state index in [4.69, 9.17) is 23.2 Å². The van der Waals surface area contributed by atoms with Crippen molar-refractivity contribution in [2.24, 2.45) is 0 Å². The fourth-order valence-electron chi connectivity index (χ4n) is 4.01. The number of hydrogen-bond donors (Lipinski definition) is 1. The molecule has 0 aliphatic carbocycles. The highest BCUT2D eigenvalue weighted by molar-refractivity contribution is 6.31. The molecule has 36 heavy (non-hydrogen) atoms. The molecule has 0 spiro atoms. The molecule has 4 aromatic carbocycles. The SMILES string of the molecule is O=C(NCc1ccccc1Cl)[C@@H](c1ccccc1)N(Cc1ccccc1)C(=O)Cc1ccc(Cl)cc1. The quantitative estimate of drug-likeness (QED) is 0.271. The molecule has 2 amide bonds. The minimum Gasteiger partial charge on any atom is -0.350 e. The van der Waals surface area contributed by atoms with Gasteiger partial charge in [0.25, 0.3) is 0 Å². The summed E-state index contributed by atoms with van der Waals surface area (Å²) in [5, 5.41) is 4.18. The van der Waals surface area contributed by atoms with E-state index >= 15 is 0 Å². The Morgan fingerprint density at radius 3 is 2.00 bits per heavy atom. The number of benzene rings is 4. The number of halogens is 2. The second-order valence-corrected chi connectivity index (χ2v) is 9.28. The molecule has 0 aromatic heterocycles. The van der Waals surface area contributed by atoms with Crippen LogP contribution in [0.3, 0.4) is 0 Å². The summed E-state index contributed by atoms with van der Waals surface area (Å²) in [6, 6.07) is 32.8. The lowest BCUT2D eigenvalue weighted by Crippen LogP contribution is -2.43. The number of nitrogens with one attached hydrogen (secondary N) is 1. The zero-order valence-electron chi connectivity index (χ0n) is 19.6. The molecule has 0 bridgehead atoms. The van der Waals surface area contributed by atoms with Gasteiger partial charge in [0, 0.05) is 23.1 Å². The Morgan fingerprint density at radius 1 is 0.722 bits per heavy atom. The van der Waals surface area contributed by atoms with Crippen molar-refractivity contribution in [2.75, 3.05) is 0 Å². The molecule has 0 saturated carbocycles. The summed E-state index contributed by atoms with van der Waals surface area (Å²) in [4.78, 5) is 29.1. The Bertz CT molecular complexity index is 1300. The van der Waals surface area contributed by atoms with Crippen LogP contribution in [0.4, 0.5) is 0 Å². The monoisotopic (exact) mass is 516 g/mol. The van der Waals surface area contributed by atoms with Gasteiger partial charge in [0.15, 0.2) is 0 Å². The molecule has 182 valence electrons. The average molecular weight is 517 g/mol. The third-order valence-electron chi connectivity index (χ3n) is 5.87. The summed E-state index contributed by atoms with van der Waals surface area (Å²) < 4.78 is 0. The first-order chi connectivity index (χ1) is 17.5. The van der Waals surface area contributed by atoms with E-state index in [9.17, 15) is 9.59 Å². The van der Waals surface area contributed by atoms with Gasteiger partial charge >= 0.3 is 0 Å². The number of hydrogen-bond acceptors (Lipinski definition) is 2. The molecule has 0 heterocycles. The summed E-state index contributed by atoms with van der Waals surface area (Å²) in [5.74, 6) is -0.440. The lowest BCUT2D eigenvalue weighted by molar-refractivity contribution is -0.141. The largest absolute Gasteiger partial charge is 0.350 e. The molecule has 4 aromatic rings. The predicted molar refractivity (Wildman–Crippen MR) is 145 cm³/mol. The molecule has 0 unspecified atom stereocenters. The number of carbonyl (C=O) groups is 2. The van der Waals surface area contributed by atoms with E-state index in [0.29, 0.717) is 10.0 Å². The number of rotatable bonds is 9. The minimum absolute atomic E-state index is 0.144. The van der Waals surface area contributed by atoms with E-state index in [2.05, 4.69) is 5.32 Å². The normalized spacial score (nSPS) is 11.5. The van der Waals surface area contributed by atoms with Crippen LogP contribution in [-0.2, 0) is 29.1 Å². The van der Waals surface area contributed by atoms with E-state index in [0.717, 1.165) is 22.3 Å². The first kappa shape index (κ1) is 25.5. The molecule has 0 saturated heterocycles. The molecular weight excluding hydrogens is 491 g/mol. The van der Waals surface area contributed by atoms with Gasteiger partial charge in [0.1, 0.15) is 6.04 Å². The molecule has 0 fully saturated rings. The summed E-state index contributed by atoms with van der Waals surface area (Å²) in [5.41, 5.74) is 3.29. The Balaban J connectivity index is 1.66. The van der Waals surface area contributed by atoms with E-state index in [-0.39, 0.29) is 31.3 Å². The van der Waals surface area contributed by atoms with Crippen molar-refractivity contribution >= 4 is 35.0 Å². The predicted octanol–water partition coefficient (Wildman–Crippen LogP) is 6.62. The second-order valence-electron chi connectivity index (χ2n) is 8.43. The number of carbonyl (C=O) groups excluding carboxylic acids is 2.